The summed E-state index contributed by atoms with van der Waals surface area (Å²) in [5.74, 6) is 0. The van der Waals surface area contributed by atoms with Crippen molar-refractivity contribution >= 4 is 27.8 Å². The molecule has 1 unspecified atom stereocenters. The first kappa shape index (κ1) is 14.5. The number of nitrogens with one attached hydrogen (secondary N) is 1. The summed E-state index contributed by atoms with van der Waals surface area (Å²) in [5, 5.41) is -0.0622. The molecule has 0 bridgehead atoms. The van der Waals surface area contributed by atoms with E-state index in [1.165, 1.54) is 6.92 Å². The standard InChI is InChI=1S/C11H9F3N2O3S/c1-4-6(3-17)20-8-7(4)9(18)16(10(19)15-8)5(2)11(12,13)14/h3,5H,1-2H3,(H,15,19). The third kappa shape index (κ3) is 2.07. The van der Waals surface area contributed by atoms with Gasteiger partial charge in [0.1, 0.15) is 10.9 Å². The van der Waals surface area contributed by atoms with E-state index in [0.29, 0.717) is 6.29 Å². The number of H-pyrrole nitrogens is 1. The van der Waals surface area contributed by atoms with Gasteiger partial charge in [0, 0.05) is 0 Å². The van der Waals surface area contributed by atoms with Crippen molar-refractivity contribution in [2.75, 3.05) is 0 Å². The van der Waals surface area contributed by atoms with Crippen molar-refractivity contribution in [1.29, 1.82) is 0 Å². The molecule has 0 saturated carbocycles. The fourth-order valence-electron chi connectivity index (χ4n) is 1.86. The second kappa shape index (κ2) is 4.58. The van der Waals surface area contributed by atoms with E-state index in [4.69, 9.17) is 0 Å². The molecule has 2 rings (SSSR count). The Bertz CT molecular complexity index is 800. The van der Waals surface area contributed by atoms with Gasteiger partial charge in [0.15, 0.2) is 6.29 Å². The number of nitrogens with zero attached hydrogens (tertiary/aromatic N) is 1. The van der Waals surface area contributed by atoms with Gasteiger partial charge in [0.05, 0.1) is 10.3 Å². The van der Waals surface area contributed by atoms with Gasteiger partial charge in [-0.15, -0.1) is 11.3 Å². The first-order valence-corrected chi connectivity index (χ1v) is 6.30. The minimum Gasteiger partial charge on any atom is -0.298 e. The summed E-state index contributed by atoms with van der Waals surface area (Å²) in [6.07, 6.45) is -4.22. The summed E-state index contributed by atoms with van der Waals surface area (Å²) in [5.41, 5.74) is -1.93. The molecule has 2 aromatic rings. The number of aromatic nitrogens is 2. The Morgan fingerprint density at radius 2 is 1.95 bits per heavy atom. The maximum atomic E-state index is 12.7. The molecule has 0 aliphatic heterocycles. The van der Waals surface area contributed by atoms with Crippen LogP contribution >= 0.6 is 11.3 Å². The van der Waals surface area contributed by atoms with Gasteiger partial charge in [0.2, 0.25) is 0 Å². The van der Waals surface area contributed by atoms with E-state index in [2.05, 4.69) is 4.98 Å². The zero-order chi connectivity index (χ0) is 15.2. The number of aryl methyl sites for hydroxylation is 1. The molecule has 0 radical (unpaired) electrons. The number of thiophene rings is 1. The quantitative estimate of drug-likeness (QED) is 0.863. The zero-order valence-corrected chi connectivity index (χ0v) is 11.2. The molecule has 5 nitrogen and oxygen atoms in total. The number of halogens is 3. The SMILES string of the molecule is Cc1c(C=O)sc2[nH]c(=O)n(C(C)C(F)(F)F)c(=O)c12. The third-order valence-electron chi connectivity index (χ3n) is 3.02. The van der Waals surface area contributed by atoms with Crippen LogP contribution in [0.5, 0.6) is 0 Å². The predicted molar refractivity (Wildman–Crippen MR) is 67.6 cm³/mol. The zero-order valence-electron chi connectivity index (χ0n) is 10.4. The van der Waals surface area contributed by atoms with Gasteiger partial charge in [0.25, 0.3) is 5.56 Å². The van der Waals surface area contributed by atoms with Crippen LogP contribution in [0.25, 0.3) is 10.2 Å². The van der Waals surface area contributed by atoms with Crippen molar-refractivity contribution in [1.82, 2.24) is 9.55 Å². The van der Waals surface area contributed by atoms with Crippen molar-refractivity contribution in [3.05, 3.63) is 31.3 Å². The van der Waals surface area contributed by atoms with Crippen LogP contribution in [0.2, 0.25) is 0 Å². The van der Waals surface area contributed by atoms with E-state index in [1.54, 1.807) is 0 Å². The maximum Gasteiger partial charge on any atom is 0.409 e. The van der Waals surface area contributed by atoms with Gasteiger partial charge in [-0.05, 0) is 19.4 Å². The lowest BCUT2D eigenvalue weighted by molar-refractivity contribution is -0.164. The lowest BCUT2D eigenvalue weighted by atomic mass is 10.2. The highest BCUT2D eigenvalue weighted by atomic mass is 32.1. The van der Waals surface area contributed by atoms with Crippen molar-refractivity contribution in [2.45, 2.75) is 26.1 Å². The van der Waals surface area contributed by atoms with E-state index in [1.807, 2.05) is 0 Å². The number of rotatable bonds is 2. The topological polar surface area (TPSA) is 71.9 Å². The van der Waals surface area contributed by atoms with Crippen molar-refractivity contribution in [3.63, 3.8) is 0 Å². The monoisotopic (exact) mass is 306 g/mol. The number of carbonyl (C=O) groups excluding carboxylic acids is 1. The average Bonchev–Trinajstić information content (AvgIpc) is 2.64. The molecular formula is C11H9F3N2O3S. The second-order valence-electron chi connectivity index (χ2n) is 4.24. The molecule has 0 aromatic carbocycles. The highest BCUT2D eigenvalue weighted by molar-refractivity contribution is 7.20. The average molecular weight is 306 g/mol. The normalized spacial score (nSPS) is 13.7. The predicted octanol–water partition coefficient (Wildman–Crippen LogP) is 2.00. The minimum atomic E-state index is -4.72. The Labute approximate surface area is 113 Å². The van der Waals surface area contributed by atoms with Gasteiger partial charge in [-0.1, -0.05) is 0 Å². The Morgan fingerprint density at radius 1 is 1.35 bits per heavy atom. The number of alkyl halides is 3. The molecule has 2 heterocycles. The molecule has 9 heteroatoms. The Balaban J connectivity index is 2.88. The number of aldehydes is 1. The summed E-state index contributed by atoms with van der Waals surface area (Å²) in [6, 6.07) is -2.25. The molecule has 20 heavy (non-hydrogen) atoms. The van der Waals surface area contributed by atoms with Crippen LogP contribution < -0.4 is 11.2 Å². The van der Waals surface area contributed by atoms with Crippen LogP contribution in [0.4, 0.5) is 13.2 Å². The number of hydrogen-bond acceptors (Lipinski definition) is 4. The first-order valence-electron chi connectivity index (χ1n) is 5.48. The van der Waals surface area contributed by atoms with Crippen LogP contribution in [-0.2, 0) is 0 Å². The molecule has 0 saturated heterocycles. The molecule has 1 atom stereocenters. The number of aromatic amines is 1. The molecule has 1 N–H and O–H groups in total. The van der Waals surface area contributed by atoms with Gasteiger partial charge < -0.3 is 0 Å². The van der Waals surface area contributed by atoms with Crippen LogP contribution in [-0.4, -0.2) is 22.0 Å². The summed E-state index contributed by atoms with van der Waals surface area (Å²) in [7, 11) is 0. The lowest BCUT2D eigenvalue weighted by Crippen LogP contribution is -2.42. The Hall–Kier alpha value is -1.90. The fraction of sp³-hybridized carbons (Fsp3) is 0.364. The summed E-state index contributed by atoms with van der Waals surface area (Å²) in [4.78, 5) is 37.1. The molecule has 0 amide bonds. The van der Waals surface area contributed by atoms with Crippen LogP contribution in [0, 0.1) is 6.92 Å². The van der Waals surface area contributed by atoms with Crippen LogP contribution in [0.15, 0.2) is 9.59 Å². The third-order valence-corrected chi connectivity index (χ3v) is 4.16. The fourth-order valence-corrected chi connectivity index (χ4v) is 2.86. The number of fused-ring (bicyclic) bond motifs is 1. The summed E-state index contributed by atoms with van der Waals surface area (Å²) >= 11 is 0.862. The highest BCUT2D eigenvalue weighted by Gasteiger charge is 2.39. The van der Waals surface area contributed by atoms with Crippen LogP contribution in [0.1, 0.15) is 28.2 Å². The second-order valence-corrected chi connectivity index (χ2v) is 5.29. The van der Waals surface area contributed by atoms with Gasteiger partial charge in [-0.25, -0.2) is 9.36 Å². The molecule has 0 fully saturated rings. The number of carbonyl (C=O) groups is 1. The first-order chi connectivity index (χ1) is 9.18. The van der Waals surface area contributed by atoms with E-state index in [0.717, 1.165) is 18.3 Å². The molecule has 0 spiro atoms. The highest BCUT2D eigenvalue weighted by Crippen LogP contribution is 2.29. The maximum absolute atomic E-state index is 12.7. The molecule has 2 aromatic heterocycles. The van der Waals surface area contributed by atoms with Crippen LogP contribution in [0.3, 0.4) is 0 Å². The molecule has 108 valence electrons. The minimum absolute atomic E-state index is 0.0622. The van der Waals surface area contributed by atoms with Gasteiger partial charge >= 0.3 is 11.9 Å². The van der Waals surface area contributed by atoms with Crippen molar-refractivity contribution in [3.8, 4) is 0 Å². The summed E-state index contributed by atoms with van der Waals surface area (Å²) < 4.78 is 38.2. The Kier molecular flexibility index (Phi) is 3.32. The van der Waals surface area contributed by atoms with Crippen molar-refractivity contribution < 1.29 is 18.0 Å². The lowest BCUT2D eigenvalue weighted by Gasteiger charge is -2.17. The van der Waals surface area contributed by atoms with E-state index < -0.39 is 23.5 Å². The smallest absolute Gasteiger partial charge is 0.298 e. The summed E-state index contributed by atoms with van der Waals surface area (Å²) in [6.45, 7) is 2.18. The van der Waals surface area contributed by atoms with E-state index in [-0.39, 0.29) is 25.2 Å². The Morgan fingerprint density at radius 3 is 2.45 bits per heavy atom. The van der Waals surface area contributed by atoms with E-state index in [9.17, 15) is 27.6 Å². The van der Waals surface area contributed by atoms with Crippen molar-refractivity contribution in [2.24, 2.45) is 0 Å². The number of hydrogen-bond donors (Lipinski definition) is 1. The largest absolute Gasteiger partial charge is 0.409 e. The van der Waals surface area contributed by atoms with E-state index >= 15 is 0 Å². The van der Waals surface area contributed by atoms with Gasteiger partial charge in [-0.3, -0.25) is 14.6 Å². The molecule has 0 aliphatic rings. The molecule has 0 aliphatic carbocycles. The molecular weight excluding hydrogens is 297 g/mol. The van der Waals surface area contributed by atoms with Gasteiger partial charge in [-0.2, -0.15) is 13.2 Å².